The van der Waals surface area contributed by atoms with Crippen molar-refractivity contribution in [2.75, 3.05) is 0 Å². The fourth-order valence-corrected chi connectivity index (χ4v) is 4.54. The lowest BCUT2D eigenvalue weighted by molar-refractivity contribution is 0.113. The number of aromatic nitrogens is 4. The van der Waals surface area contributed by atoms with Gasteiger partial charge in [0.15, 0.2) is 0 Å². The normalized spacial score (nSPS) is 24.1. The second kappa shape index (κ2) is 6.68. The van der Waals surface area contributed by atoms with E-state index >= 15 is 0 Å². The molecule has 27 heavy (non-hydrogen) atoms. The summed E-state index contributed by atoms with van der Waals surface area (Å²) in [7, 11) is 0. The van der Waals surface area contributed by atoms with Gasteiger partial charge in [0.1, 0.15) is 11.9 Å². The maximum atomic E-state index is 10.4. The lowest BCUT2D eigenvalue weighted by Gasteiger charge is -2.27. The van der Waals surface area contributed by atoms with Gasteiger partial charge in [0.25, 0.3) is 0 Å². The number of hydrogen-bond acceptors (Lipinski definition) is 5. The van der Waals surface area contributed by atoms with E-state index in [0.29, 0.717) is 17.1 Å². The number of nitrogens with zero attached hydrogens (tertiary/aromatic N) is 4. The molecule has 2 heterocycles. The Kier molecular flexibility index (Phi) is 4.03. The summed E-state index contributed by atoms with van der Waals surface area (Å²) in [6.45, 7) is 0. The van der Waals surface area contributed by atoms with Crippen LogP contribution in [0, 0.1) is 11.8 Å². The third-order valence-electron chi connectivity index (χ3n) is 5.80. The van der Waals surface area contributed by atoms with E-state index in [-0.39, 0.29) is 11.9 Å². The molecule has 3 atom stereocenters. The molecular weight excluding hydrogens is 340 g/mol. The molecular formula is C21H22N4O2. The Bertz CT molecular complexity index is 912. The average Bonchev–Trinajstić information content (AvgIpc) is 3.32. The summed E-state index contributed by atoms with van der Waals surface area (Å²) < 4.78 is 7.78. The monoisotopic (exact) mass is 362 g/mol. The molecule has 6 nitrogen and oxygen atoms in total. The van der Waals surface area contributed by atoms with Crippen LogP contribution < -0.4 is 4.74 Å². The zero-order valence-electron chi connectivity index (χ0n) is 15.0. The third kappa shape index (κ3) is 3.27. The van der Waals surface area contributed by atoms with Crippen molar-refractivity contribution in [3.63, 3.8) is 0 Å². The topological polar surface area (TPSA) is 73.1 Å². The van der Waals surface area contributed by atoms with Crippen molar-refractivity contribution in [3.05, 3.63) is 48.8 Å². The lowest BCUT2D eigenvalue weighted by Crippen LogP contribution is -2.26. The van der Waals surface area contributed by atoms with Gasteiger partial charge in [-0.1, -0.05) is 12.8 Å². The summed E-state index contributed by atoms with van der Waals surface area (Å²) in [5.74, 6) is 2.37. The fraction of sp³-hybridized carbons (Fsp3) is 0.381. The summed E-state index contributed by atoms with van der Waals surface area (Å²) in [4.78, 5) is 0. The number of ether oxygens (including phenoxy) is 1. The van der Waals surface area contributed by atoms with Gasteiger partial charge in [-0.2, -0.15) is 5.10 Å². The van der Waals surface area contributed by atoms with E-state index in [1.165, 1.54) is 19.3 Å². The number of phenols is 1. The van der Waals surface area contributed by atoms with Crippen LogP contribution in [0.1, 0.15) is 32.1 Å². The van der Waals surface area contributed by atoms with Crippen molar-refractivity contribution in [1.29, 1.82) is 0 Å². The van der Waals surface area contributed by atoms with Crippen LogP contribution in [0.25, 0.3) is 16.9 Å². The first-order valence-corrected chi connectivity index (χ1v) is 9.58. The second-order valence-electron chi connectivity index (χ2n) is 7.67. The first-order valence-electron chi connectivity index (χ1n) is 9.58. The molecule has 3 aromatic rings. The Morgan fingerprint density at radius 1 is 1.00 bits per heavy atom. The predicted octanol–water partition coefficient (Wildman–Crippen LogP) is 3.99. The van der Waals surface area contributed by atoms with Crippen LogP contribution >= 0.6 is 0 Å². The Morgan fingerprint density at radius 3 is 2.52 bits per heavy atom. The van der Waals surface area contributed by atoms with Crippen molar-refractivity contribution < 1.29 is 9.84 Å². The van der Waals surface area contributed by atoms with E-state index in [0.717, 1.165) is 30.4 Å². The van der Waals surface area contributed by atoms with Crippen LogP contribution in [0.5, 0.6) is 11.6 Å². The molecule has 1 aromatic carbocycles. The zero-order chi connectivity index (χ0) is 18.2. The van der Waals surface area contributed by atoms with E-state index in [9.17, 15) is 5.11 Å². The van der Waals surface area contributed by atoms with Crippen molar-refractivity contribution in [3.8, 4) is 28.6 Å². The highest BCUT2D eigenvalue weighted by Gasteiger charge is 2.35. The van der Waals surface area contributed by atoms with Crippen molar-refractivity contribution in [2.24, 2.45) is 11.8 Å². The maximum absolute atomic E-state index is 10.4. The van der Waals surface area contributed by atoms with E-state index < -0.39 is 0 Å². The summed E-state index contributed by atoms with van der Waals surface area (Å²) in [6.07, 6.45) is 10.1. The first kappa shape index (κ1) is 16.3. The fourth-order valence-electron chi connectivity index (χ4n) is 4.54. The van der Waals surface area contributed by atoms with Crippen LogP contribution in [0.15, 0.2) is 48.8 Å². The smallest absolute Gasteiger partial charge is 0.233 e. The molecule has 0 radical (unpaired) electrons. The molecule has 0 aliphatic heterocycles. The summed E-state index contributed by atoms with van der Waals surface area (Å²) in [5, 5.41) is 23.1. The minimum absolute atomic E-state index is 0.148. The van der Waals surface area contributed by atoms with Gasteiger partial charge in [0.2, 0.25) is 5.88 Å². The van der Waals surface area contributed by atoms with Gasteiger partial charge in [-0.05, 0) is 55.4 Å². The van der Waals surface area contributed by atoms with Gasteiger partial charge in [-0.3, -0.25) is 0 Å². The minimum atomic E-state index is 0.148. The number of hydrogen-bond donors (Lipinski definition) is 1. The Morgan fingerprint density at radius 2 is 1.85 bits per heavy atom. The molecule has 1 N–H and O–H groups in total. The third-order valence-corrected chi connectivity index (χ3v) is 5.80. The molecule has 2 aliphatic rings. The number of aromatic hydroxyl groups is 1. The highest BCUT2D eigenvalue weighted by Crippen LogP contribution is 2.43. The molecule has 5 rings (SSSR count). The van der Waals surface area contributed by atoms with Crippen LogP contribution in [0.3, 0.4) is 0 Å². The minimum Gasteiger partial charge on any atom is -0.507 e. The zero-order valence-corrected chi connectivity index (χ0v) is 15.0. The lowest BCUT2D eigenvalue weighted by atomic mass is 9.87. The number of benzene rings is 1. The van der Waals surface area contributed by atoms with E-state index in [1.54, 1.807) is 16.9 Å². The molecule has 0 saturated heterocycles. The van der Waals surface area contributed by atoms with E-state index in [1.807, 2.05) is 36.5 Å². The second-order valence-corrected chi connectivity index (χ2v) is 7.67. The molecule has 2 aliphatic carbocycles. The van der Waals surface area contributed by atoms with Gasteiger partial charge in [-0.25, -0.2) is 4.68 Å². The van der Waals surface area contributed by atoms with Gasteiger partial charge < -0.3 is 9.84 Å². The standard InChI is InChI=1S/C21H22N4O2/c26-20-13-16(25-9-1-8-22-25)4-5-18(20)19-6-7-21(24-23-19)27-17-11-14-2-3-15(10-14)12-17/h1,4-9,13-15,17,26H,2-3,10-12H2/t14-,15?,17?/m0/s1. The SMILES string of the molecule is Oc1cc(-n2cccn2)ccc1-c1ccc(OC2CC3CC[C@@H](C3)C2)nn1. The van der Waals surface area contributed by atoms with Crippen LogP contribution in [0.4, 0.5) is 0 Å². The summed E-state index contributed by atoms with van der Waals surface area (Å²) >= 11 is 0. The number of phenolic OH excluding ortho intramolecular Hbond substituents is 1. The van der Waals surface area contributed by atoms with Crippen molar-refractivity contribution in [1.82, 2.24) is 20.0 Å². The Labute approximate surface area is 157 Å². The first-order chi connectivity index (χ1) is 13.2. The van der Waals surface area contributed by atoms with E-state index in [4.69, 9.17) is 4.74 Å². The van der Waals surface area contributed by atoms with Crippen molar-refractivity contribution in [2.45, 2.75) is 38.2 Å². The summed E-state index contributed by atoms with van der Waals surface area (Å²) in [5.41, 5.74) is 2.05. The van der Waals surface area contributed by atoms with Gasteiger partial charge in [0, 0.05) is 30.1 Å². The molecule has 2 bridgehead atoms. The van der Waals surface area contributed by atoms with E-state index in [2.05, 4.69) is 15.3 Å². The molecule has 0 amide bonds. The maximum Gasteiger partial charge on any atom is 0.233 e. The van der Waals surface area contributed by atoms with Crippen LogP contribution in [-0.2, 0) is 0 Å². The quantitative estimate of drug-likeness (QED) is 0.760. The Balaban J connectivity index is 1.31. The largest absolute Gasteiger partial charge is 0.507 e. The number of fused-ring (bicyclic) bond motifs is 2. The predicted molar refractivity (Wildman–Crippen MR) is 101 cm³/mol. The van der Waals surface area contributed by atoms with Gasteiger partial charge in [0.05, 0.1) is 11.4 Å². The van der Waals surface area contributed by atoms with Gasteiger partial charge >= 0.3 is 0 Å². The highest BCUT2D eigenvalue weighted by molar-refractivity contribution is 5.68. The Hall–Kier alpha value is -2.89. The molecule has 0 spiro atoms. The molecule has 2 fully saturated rings. The van der Waals surface area contributed by atoms with Crippen molar-refractivity contribution >= 4 is 0 Å². The molecule has 138 valence electrons. The molecule has 2 unspecified atom stereocenters. The van der Waals surface area contributed by atoms with Crippen LogP contribution in [0.2, 0.25) is 0 Å². The summed E-state index contributed by atoms with van der Waals surface area (Å²) in [6, 6.07) is 10.9. The van der Waals surface area contributed by atoms with Gasteiger partial charge in [-0.15, -0.1) is 10.2 Å². The number of rotatable bonds is 4. The molecule has 2 aromatic heterocycles. The van der Waals surface area contributed by atoms with Crippen LogP contribution in [-0.4, -0.2) is 31.2 Å². The highest BCUT2D eigenvalue weighted by atomic mass is 16.5. The average molecular weight is 362 g/mol. The molecule has 2 saturated carbocycles. The molecule has 6 heteroatoms.